The summed E-state index contributed by atoms with van der Waals surface area (Å²) in [4.78, 5) is 12.6. The van der Waals surface area contributed by atoms with Crippen molar-refractivity contribution in [2.24, 2.45) is 0 Å². The summed E-state index contributed by atoms with van der Waals surface area (Å²) in [6.07, 6.45) is -1.02. The third-order valence-corrected chi connectivity index (χ3v) is 4.61. The number of methoxy groups -OCH3 is 1. The number of rotatable bonds is 7. The number of aryl methyl sites for hydroxylation is 1. The van der Waals surface area contributed by atoms with E-state index in [2.05, 4.69) is 0 Å². The highest BCUT2D eigenvalue weighted by atomic mass is 16.6. The molecule has 1 atom stereocenters. The predicted molar refractivity (Wildman–Crippen MR) is 108 cm³/mol. The first-order valence-electron chi connectivity index (χ1n) is 9.17. The number of fused-ring (bicyclic) bond motifs is 1. The average molecular weight is 380 g/mol. The molecule has 5 nitrogen and oxygen atoms in total. The lowest BCUT2D eigenvalue weighted by molar-refractivity contribution is -0.158. The van der Waals surface area contributed by atoms with Gasteiger partial charge in [0, 0.05) is 10.9 Å². The highest BCUT2D eigenvalue weighted by Crippen LogP contribution is 2.38. The number of phenolic OH excluding ortho intramolecular Hbond substituents is 1. The maximum Gasteiger partial charge on any atom is 0.340 e. The first-order valence-corrected chi connectivity index (χ1v) is 9.17. The van der Waals surface area contributed by atoms with Gasteiger partial charge in [-0.05, 0) is 42.5 Å². The second-order valence-corrected chi connectivity index (χ2v) is 6.47. The van der Waals surface area contributed by atoms with E-state index in [4.69, 9.17) is 14.2 Å². The summed E-state index contributed by atoms with van der Waals surface area (Å²) in [6.45, 7) is 4.02. The fourth-order valence-electron chi connectivity index (χ4n) is 3.20. The molecule has 146 valence electrons. The standard InChI is InChI=1S/C23H24O5/c1-4-27-23(25)22(28-14-16-9-11-18(26-3)12-10-16)20-15(2)13-17-7-5-6-8-19(17)21(20)24/h5-13,22,24H,4,14H2,1-3H3/t22-/m1/s1. The molecule has 3 aromatic carbocycles. The number of ether oxygens (including phenoxy) is 3. The smallest absolute Gasteiger partial charge is 0.340 e. The summed E-state index contributed by atoms with van der Waals surface area (Å²) in [5.41, 5.74) is 2.09. The lowest BCUT2D eigenvalue weighted by atomic mass is 9.96. The molecule has 0 aliphatic carbocycles. The highest BCUT2D eigenvalue weighted by Gasteiger charge is 2.28. The normalized spacial score (nSPS) is 12.0. The Morgan fingerprint density at radius 3 is 2.50 bits per heavy atom. The Labute approximate surface area is 164 Å². The molecule has 3 aromatic rings. The molecule has 28 heavy (non-hydrogen) atoms. The molecule has 0 heterocycles. The first kappa shape index (κ1) is 19.7. The van der Waals surface area contributed by atoms with Gasteiger partial charge in [-0.15, -0.1) is 0 Å². The van der Waals surface area contributed by atoms with Crippen molar-refractivity contribution >= 4 is 16.7 Å². The van der Waals surface area contributed by atoms with Crippen LogP contribution in [-0.2, 0) is 20.9 Å². The van der Waals surface area contributed by atoms with E-state index in [1.54, 1.807) is 14.0 Å². The summed E-state index contributed by atoms with van der Waals surface area (Å²) in [6, 6.07) is 16.8. The number of aromatic hydroxyl groups is 1. The van der Waals surface area contributed by atoms with Crippen LogP contribution in [0.4, 0.5) is 0 Å². The van der Waals surface area contributed by atoms with Crippen molar-refractivity contribution < 1.29 is 24.1 Å². The zero-order chi connectivity index (χ0) is 20.1. The van der Waals surface area contributed by atoms with Gasteiger partial charge in [-0.2, -0.15) is 0 Å². The van der Waals surface area contributed by atoms with Gasteiger partial charge in [0.15, 0.2) is 6.10 Å². The zero-order valence-electron chi connectivity index (χ0n) is 16.3. The maximum absolute atomic E-state index is 12.6. The highest BCUT2D eigenvalue weighted by molar-refractivity contribution is 5.92. The van der Waals surface area contributed by atoms with Gasteiger partial charge < -0.3 is 19.3 Å². The lowest BCUT2D eigenvalue weighted by Crippen LogP contribution is -2.20. The molecule has 0 saturated heterocycles. The van der Waals surface area contributed by atoms with Gasteiger partial charge in [0.1, 0.15) is 11.5 Å². The van der Waals surface area contributed by atoms with Crippen LogP contribution in [0.15, 0.2) is 54.6 Å². The molecular weight excluding hydrogens is 356 g/mol. The SMILES string of the molecule is CCOC(=O)[C@H](OCc1ccc(OC)cc1)c1c(C)cc2ccccc2c1O. The molecule has 0 radical (unpaired) electrons. The third kappa shape index (κ3) is 4.10. The Bertz CT molecular complexity index is 963. The Morgan fingerprint density at radius 1 is 1.11 bits per heavy atom. The summed E-state index contributed by atoms with van der Waals surface area (Å²) < 4.78 is 16.3. The average Bonchev–Trinajstić information content (AvgIpc) is 2.71. The van der Waals surface area contributed by atoms with Gasteiger partial charge in [0.05, 0.1) is 20.3 Å². The summed E-state index contributed by atoms with van der Waals surface area (Å²) in [5.74, 6) is 0.266. The van der Waals surface area contributed by atoms with E-state index in [9.17, 15) is 9.90 Å². The molecule has 0 fully saturated rings. The lowest BCUT2D eigenvalue weighted by Gasteiger charge is -2.21. The first-order chi connectivity index (χ1) is 13.5. The fraction of sp³-hybridized carbons (Fsp3) is 0.261. The maximum atomic E-state index is 12.6. The zero-order valence-corrected chi connectivity index (χ0v) is 16.3. The second kappa shape index (κ2) is 8.76. The molecule has 0 aliphatic rings. The van der Waals surface area contributed by atoms with E-state index in [0.29, 0.717) is 10.9 Å². The Balaban J connectivity index is 1.95. The van der Waals surface area contributed by atoms with Gasteiger partial charge >= 0.3 is 5.97 Å². The molecule has 0 amide bonds. The molecule has 0 aromatic heterocycles. The summed E-state index contributed by atoms with van der Waals surface area (Å²) >= 11 is 0. The van der Waals surface area contributed by atoms with Crippen LogP contribution in [0.2, 0.25) is 0 Å². The number of hydrogen-bond donors (Lipinski definition) is 1. The van der Waals surface area contributed by atoms with Crippen LogP contribution in [0.5, 0.6) is 11.5 Å². The van der Waals surface area contributed by atoms with Crippen molar-refractivity contribution in [3.63, 3.8) is 0 Å². The molecular formula is C23H24O5. The largest absolute Gasteiger partial charge is 0.507 e. The molecule has 0 aliphatic heterocycles. The molecule has 1 N–H and O–H groups in total. The van der Waals surface area contributed by atoms with Crippen molar-refractivity contribution in [1.29, 1.82) is 0 Å². The van der Waals surface area contributed by atoms with Crippen LogP contribution >= 0.6 is 0 Å². The molecule has 0 unspecified atom stereocenters. The molecule has 5 heteroatoms. The van der Waals surface area contributed by atoms with Gasteiger partial charge in [0.2, 0.25) is 0 Å². The number of phenols is 1. The van der Waals surface area contributed by atoms with Crippen molar-refractivity contribution in [2.45, 2.75) is 26.6 Å². The molecule has 0 saturated carbocycles. The summed E-state index contributed by atoms with van der Waals surface area (Å²) in [7, 11) is 1.60. The minimum Gasteiger partial charge on any atom is -0.507 e. The van der Waals surface area contributed by atoms with Crippen molar-refractivity contribution in [1.82, 2.24) is 0 Å². The number of carbonyl (C=O) groups excluding carboxylic acids is 1. The monoisotopic (exact) mass is 380 g/mol. The van der Waals surface area contributed by atoms with Crippen LogP contribution in [0.1, 0.15) is 29.7 Å². The van der Waals surface area contributed by atoms with E-state index in [-0.39, 0.29) is 19.0 Å². The quantitative estimate of drug-likeness (QED) is 0.603. The molecule has 0 bridgehead atoms. The summed E-state index contributed by atoms with van der Waals surface area (Å²) in [5, 5.41) is 12.5. The van der Waals surface area contributed by atoms with Crippen LogP contribution < -0.4 is 4.74 Å². The third-order valence-electron chi connectivity index (χ3n) is 4.61. The van der Waals surface area contributed by atoms with Crippen LogP contribution in [0.3, 0.4) is 0 Å². The number of carbonyl (C=O) groups is 1. The molecule has 3 rings (SSSR count). The van der Waals surface area contributed by atoms with Gasteiger partial charge in [-0.3, -0.25) is 0 Å². The topological polar surface area (TPSA) is 65.0 Å². The van der Waals surface area contributed by atoms with Crippen molar-refractivity contribution in [3.8, 4) is 11.5 Å². The predicted octanol–water partition coefficient (Wildman–Crippen LogP) is 4.68. The number of benzene rings is 3. The Morgan fingerprint density at radius 2 is 1.82 bits per heavy atom. The van der Waals surface area contributed by atoms with Crippen LogP contribution in [0, 0.1) is 6.92 Å². The van der Waals surface area contributed by atoms with Crippen molar-refractivity contribution in [2.75, 3.05) is 13.7 Å². The van der Waals surface area contributed by atoms with Gasteiger partial charge in [-0.25, -0.2) is 4.79 Å². The van der Waals surface area contributed by atoms with Crippen LogP contribution in [0.25, 0.3) is 10.8 Å². The van der Waals surface area contributed by atoms with E-state index < -0.39 is 12.1 Å². The van der Waals surface area contributed by atoms with E-state index >= 15 is 0 Å². The Kier molecular flexibility index (Phi) is 6.16. The second-order valence-electron chi connectivity index (χ2n) is 6.47. The Hall–Kier alpha value is -3.05. The number of esters is 1. The van der Waals surface area contributed by atoms with E-state index in [1.165, 1.54) is 0 Å². The van der Waals surface area contributed by atoms with Gasteiger partial charge in [0.25, 0.3) is 0 Å². The molecule has 0 spiro atoms. The number of hydrogen-bond acceptors (Lipinski definition) is 5. The van der Waals surface area contributed by atoms with Gasteiger partial charge in [-0.1, -0.05) is 42.5 Å². The van der Waals surface area contributed by atoms with Crippen LogP contribution in [-0.4, -0.2) is 24.8 Å². The van der Waals surface area contributed by atoms with E-state index in [0.717, 1.165) is 22.3 Å². The fourth-order valence-corrected chi connectivity index (χ4v) is 3.20. The van der Waals surface area contributed by atoms with E-state index in [1.807, 2.05) is 61.5 Å². The minimum absolute atomic E-state index is 0.0448. The van der Waals surface area contributed by atoms with Crippen molar-refractivity contribution in [3.05, 3.63) is 71.3 Å². The minimum atomic E-state index is -1.02.